The number of hydrogen-bond acceptors (Lipinski definition) is 7. The first-order valence-electron chi connectivity index (χ1n) is 8.82. The van der Waals surface area contributed by atoms with Crippen LogP contribution in [0, 0.1) is 13.8 Å². The molecule has 0 radical (unpaired) electrons. The summed E-state index contributed by atoms with van der Waals surface area (Å²) in [6.45, 7) is 4.32. The number of aromatic nitrogens is 1. The number of ketones is 1. The van der Waals surface area contributed by atoms with Crippen LogP contribution in [0.1, 0.15) is 49.4 Å². The quantitative estimate of drug-likeness (QED) is 0.481. The molecule has 0 spiro atoms. The van der Waals surface area contributed by atoms with Crippen LogP contribution in [0.25, 0.3) is 0 Å². The van der Waals surface area contributed by atoms with Crippen molar-refractivity contribution in [3.8, 4) is 5.75 Å². The Morgan fingerprint density at radius 3 is 2.10 bits per heavy atom. The minimum absolute atomic E-state index is 0.140. The van der Waals surface area contributed by atoms with Crippen molar-refractivity contribution < 1.29 is 33.4 Å². The number of primary amides is 1. The van der Waals surface area contributed by atoms with Crippen molar-refractivity contribution in [2.24, 2.45) is 5.73 Å². The molecule has 0 aliphatic heterocycles. The van der Waals surface area contributed by atoms with Gasteiger partial charge in [0.05, 0.1) is 23.3 Å². The first kappa shape index (κ1) is 21.7. The van der Waals surface area contributed by atoms with Crippen molar-refractivity contribution in [2.75, 3.05) is 19.8 Å². The highest BCUT2D eigenvalue weighted by atomic mass is 16.5. The number of benzene rings is 1. The fourth-order valence-corrected chi connectivity index (χ4v) is 2.72. The van der Waals surface area contributed by atoms with Gasteiger partial charge in [-0.05, 0) is 45.0 Å². The van der Waals surface area contributed by atoms with E-state index in [9.17, 15) is 19.2 Å². The average molecular weight is 402 g/mol. The van der Waals surface area contributed by atoms with Crippen LogP contribution in [0.2, 0.25) is 0 Å². The van der Waals surface area contributed by atoms with Gasteiger partial charge in [-0.3, -0.25) is 9.59 Å². The highest BCUT2D eigenvalue weighted by molar-refractivity contribution is 6.09. The summed E-state index contributed by atoms with van der Waals surface area (Å²) in [5, 5.41) is 0. The predicted molar refractivity (Wildman–Crippen MR) is 102 cm³/mol. The lowest BCUT2D eigenvalue weighted by Crippen LogP contribution is -2.20. The summed E-state index contributed by atoms with van der Waals surface area (Å²) in [4.78, 5) is 50.5. The molecule has 0 fully saturated rings. The van der Waals surface area contributed by atoms with E-state index in [1.807, 2.05) is 0 Å². The number of nitrogens with two attached hydrogens (primary N) is 1. The second-order valence-corrected chi connectivity index (χ2v) is 6.12. The Labute approximate surface area is 167 Å². The zero-order valence-corrected chi connectivity index (χ0v) is 16.4. The van der Waals surface area contributed by atoms with Gasteiger partial charge in [-0.25, -0.2) is 9.59 Å². The van der Waals surface area contributed by atoms with Gasteiger partial charge in [0, 0.05) is 11.4 Å². The van der Waals surface area contributed by atoms with E-state index in [-0.39, 0.29) is 29.9 Å². The van der Waals surface area contributed by atoms with Crippen LogP contribution < -0.4 is 10.5 Å². The summed E-state index contributed by atoms with van der Waals surface area (Å²) < 4.78 is 15.2. The Kier molecular flexibility index (Phi) is 7.13. The summed E-state index contributed by atoms with van der Waals surface area (Å²) in [5.74, 6) is -2.12. The van der Waals surface area contributed by atoms with Crippen LogP contribution in [-0.2, 0) is 14.3 Å². The van der Waals surface area contributed by atoms with Gasteiger partial charge < -0.3 is 24.9 Å². The Balaban J connectivity index is 2.05. The van der Waals surface area contributed by atoms with E-state index in [0.29, 0.717) is 17.1 Å². The maximum Gasteiger partial charge on any atom is 0.340 e. The smallest absolute Gasteiger partial charge is 0.340 e. The number of ether oxygens (including phenoxy) is 3. The van der Waals surface area contributed by atoms with Crippen molar-refractivity contribution in [1.29, 1.82) is 0 Å². The van der Waals surface area contributed by atoms with Crippen LogP contribution >= 0.6 is 0 Å². The lowest BCUT2D eigenvalue weighted by molar-refractivity contribution is -0.119. The van der Waals surface area contributed by atoms with E-state index in [2.05, 4.69) is 4.98 Å². The fraction of sp³-hybridized carbons (Fsp3) is 0.300. The molecule has 0 saturated heterocycles. The van der Waals surface area contributed by atoms with Crippen LogP contribution in [0.3, 0.4) is 0 Å². The van der Waals surface area contributed by atoms with Crippen molar-refractivity contribution in [3.63, 3.8) is 0 Å². The highest BCUT2D eigenvalue weighted by Crippen LogP contribution is 2.21. The van der Waals surface area contributed by atoms with Crippen LogP contribution in [0.4, 0.5) is 0 Å². The third kappa shape index (κ3) is 5.44. The summed E-state index contributed by atoms with van der Waals surface area (Å²) >= 11 is 0. The molecule has 0 bridgehead atoms. The van der Waals surface area contributed by atoms with Gasteiger partial charge in [0.15, 0.2) is 13.2 Å². The lowest BCUT2D eigenvalue weighted by atomic mass is 10.1. The number of carbonyl (C=O) groups excluding carboxylic acids is 4. The fourth-order valence-electron chi connectivity index (χ4n) is 2.72. The minimum Gasteiger partial charge on any atom is -0.484 e. The standard InChI is InChI=1S/C20H22N2O7/c1-4-27-20(26)18-12(3)22-11(2)17(18)15(23)9-29-19(25)13-5-7-14(8-6-13)28-10-16(21)24/h5-8,22H,4,9-10H2,1-3H3,(H2,21,24). The van der Waals surface area contributed by atoms with Crippen molar-refractivity contribution in [3.05, 3.63) is 52.3 Å². The summed E-state index contributed by atoms with van der Waals surface area (Å²) in [6, 6.07) is 5.80. The third-order valence-corrected chi connectivity index (χ3v) is 3.94. The molecule has 0 saturated carbocycles. The van der Waals surface area contributed by atoms with Gasteiger partial charge in [-0.1, -0.05) is 0 Å². The molecular weight excluding hydrogens is 380 g/mol. The van der Waals surface area contributed by atoms with Crippen LogP contribution in [0.15, 0.2) is 24.3 Å². The van der Waals surface area contributed by atoms with E-state index in [1.165, 1.54) is 24.3 Å². The molecular formula is C20H22N2O7. The van der Waals surface area contributed by atoms with Gasteiger partial charge in [0.2, 0.25) is 5.78 Å². The molecule has 0 aliphatic rings. The molecule has 0 aliphatic carbocycles. The van der Waals surface area contributed by atoms with Gasteiger partial charge >= 0.3 is 11.9 Å². The minimum atomic E-state index is -0.720. The van der Waals surface area contributed by atoms with Gasteiger partial charge in [-0.15, -0.1) is 0 Å². The van der Waals surface area contributed by atoms with E-state index >= 15 is 0 Å². The average Bonchev–Trinajstić information content (AvgIpc) is 2.98. The highest BCUT2D eigenvalue weighted by Gasteiger charge is 2.26. The van der Waals surface area contributed by atoms with Gasteiger partial charge in [-0.2, -0.15) is 0 Å². The number of esters is 2. The number of nitrogens with one attached hydrogen (secondary N) is 1. The molecule has 1 aromatic carbocycles. The van der Waals surface area contributed by atoms with E-state index < -0.39 is 30.2 Å². The lowest BCUT2D eigenvalue weighted by Gasteiger charge is -2.08. The molecule has 0 atom stereocenters. The summed E-state index contributed by atoms with van der Waals surface area (Å²) in [6.07, 6.45) is 0. The van der Waals surface area contributed by atoms with Crippen LogP contribution in [-0.4, -0.2) is 48.4 Å². The number of aryl methyl sites for hydroxylation is 2. The zero-order valence-electron chi connectivity index (χ0n) is 16.4. The SMILES string of the molecule is CCOC(=O)c1c(C)[nH]c(C)c1C(=O)COC(=O)c1ccc(OCC(N)=O)cc1. The zero-order chi connectivity index (χ0) is 21.6. The number of amides is 1. The van der Waals surface area contributed by atoms with Crippen molar-refractivity contribution in [2.45, 2.75) is 20.8 Å². The summed E-state index contributed by atoms with van der Waals surface area (Å²) in [5.41, 5.74) is 6.46. The first-order valence-corrected chi connectivity index (χ1v) is 8.82. The molecule has 29 heavy (non-hydrogen) atoms. The number of Topliss-reactive ketones (excluding diaryl/α,β-unsaturated/α-hetero) is 1. The van der Waals surface area contributed by atoms with Gasteiger partial charge in [0.25, 0.3) is 5.91 Å². The first-order chi connectivity index (χ1) is 13.7. The second-order valence-electron chi connectivity index (χ2n) is 6.12. The number of H-pyrrole nitrogens is 1. The third-order valence-electron chi connectivity index (χ3n) is 3.94. The molecule has 0 unspecified atom stereocenters. The molecule has 9 nitrogen and oxygen atoms in total. The molecule has 1 amide bonds. The number of carbonyl (C=O) groups is 4. The molecule has 2 aromatic rings. The maximum atomic E-state index is 12.6. The van der Waals surface area contributed by atoms with Crippen molar-refractivity contribution >= 4 is 23.6 Å². The predicted octanol–water partition coefficient (Wildman–Crippen LogP) is 1.71. The van der Waals surface area contributed by atoms with E-state index in [4.69, 9.17) is 19.9 Å². The number of hydrogen-bond donors (Lipinski definition) is 2. The number of aromatic amines is 1. The normalized spacial score (nSPS) is 10.3. The van der Waals surface area contributed by atoms with E-state index in [0.717, 1.165) is 0 Å². The summed E-state index contributed by atoms with van der Waals surface area (Å²) in [7, 11) is 0. The van der Waals surface area contributed by atoms with Crippen molar-refractivity contribution in [1.82, 2.24) is 4.98 Å². The molecule has 1 aromatic heterocycles. The maximum absolute atomic E-state index is 12.6. The molecule has 3 N–H and O–H groups in total. The molecule has 1 heterocycles. The van der Waals surface area contributed by atoms with Crippen LogP contribution in [0.5, 0.6) is 5.75 Å². The second kappa shape index (κ2) is 9.54. The van der Waals surface area contributed by atoms with Gasteiger partial charge in [0.1, 0.15) is 5.75 Å². The molecule has 154 valence electrons. The Morgan fingerprint density at radius 2 is 1.52 bits per heavy atom. The Morgan fingerprint density at radius 1 is 0.897 bits per heavy atom. The number of rotatable bonds is 9. The Bertz CT molecular complexity index is 929. The monoisotopic (exact) mass is 402 g/mol. The largest absolute Gasteiger partial charge is 0.484 e. The van der Waals surface area contributed by atoms with E-state index in [1.54, 1.807) is 20.8 Å². The topological polar surface area (TPSA) is 138 Å². The Hall–Kier alpha value is -3.62. The molecule has 2 rings (SSSR count). The molecule has 9 heteroatoms.